The van der Waals surface area contributed by atoms with E-state index in [2.05, 4.69) is 15.9 Å². The van der Waals surface area contributed by atoms with Gasteiger partial charge in [0, 0.05) is 15.1 Å². The molecule has 1 atom stereocenters. The van der Waals surface area contributed by atoms with Crippen LogP contribution in [-0.4, -0.2) is 7.11 Å². The number of halogens is 3. The second kappa shape index (κ2) is 6.14. The van der Waals surface area contributed by atoms with E-state index in [0.29, 0.717) is 15.8 Å². The highest BCUT2D eigenvalue weighted by atomic mass is 79.9. The van der Waals surface area contributed by atoms with Crippen LogP contribution in [-0.2, 0) is 0 Å². The average Bonchev–Trinajstić information content (AvgIpc) is 2.41. The molecule has 0 fully saturated rings. The standard InChI is InChI=1S/C14H12BrCl2NO/c1-19-13-5-3-9(16)7-10(13)14(18)8-2-4-12(17)11(15)6-8/h2-7,14H,18H2,1H3. The van der Waals surface area contributed by atoms with Crippen LogP contribution >= 0.6 is 39.1 Å². The van der Waals surface area contributed by atoms with E-state index < -0.39 is 0 Å². The second-order valence-corrected chi connectivity index (χ2v) is 5.74. The Balaban J connectivity index is 2.45. The molecule has 0 radical (unpaired) electrons. The fourth-order valence-corrected chi connectivity index (χ4v) is 2.53. The lowest BCUT2D eigenvalue weighted by atomic mass is 9.99. The third-order valence-corrected chi connectivity index (χ3v) is 4.28. The minimum atomic E-state index is -0.331. The van der Waals surface area contributed by atoms with Gasteiger partial charge < -0.3 is 10.5 Å². The Kier molecular flexibility index (Phi) is 4.74. The fraction of sp³-hybridized carbons (Fsp3) is 0.143. The van der Waals surface area contributed by atoms with Crippen LogP contribution in [0, 0.1) is 0 Å². The van der Waals surface area contributed by atoms with E-state index in [1.165, 1.54) is 0 Å². The van der Waals surface area contributed by atoms with Crippen LogP contribution in [0.1, 0.15) is 17.2 Å². The highest BCUT2D eigenvalue weighted by Gasteiger charge is 2.15. The van der Waals surface area contributed by atoms with Gasteiger partial charge >= 0.3 is 0 Å². The molecule has 0 saturated heterocycles. The molecule has 2 rings (SSSR count). The highest BCUT2D eigenvalue weighted by Crippen LogP contribution is 2.33. The lowest BCUT2D eigenvalue weighted by Crippen LogP contribution is -2.13. The predicted octanol–water partition coefficient (Wildman–Crippen LogP) is 4.81. The lowest BCUT2D eigenvalue weighted by Gasteiger charge is -2.17. The van der Waals surface area contributed by atoms with E-state index in [9.17, 15) is 0 Å². The topological polar surface area (TPSA) is 35.2 Å². The van der Waals surface area contributed by atoms with Crippen molar-refractivity contribution in [2.45, 2.75) is 6.04 Å². The molecular formula is C14H12BrCl2NO. The first-order valence-electron chi connectivity index (χ1n) is 5.57. The van der Waals surface area contributed by atoms with E-state index in [1.54, 1.807) is 19.2 Å². The Bertz CT molecular complexity index is 604. The summed E-state index contributed by atoms with van der Waals surface area (Å²) < 4.78 is 6.13. The molecule has 5 heteroatoms. The van der Waals surface area contributed by atoms with Gasteiger partial charge in [-0.05, 0) is 51.8 Å². The Labute approximate surface area is 130 Å². The Morgan fingerprint density at radius 3 is 2.53 bits per heavy atom. The zero-order chi connectivity index (χ0) is 14.0. The number of benzene rings is 2. The van der Waals surface area contributed by atoms with Crippen LogP contribution in [0.5, 0.6) is 5.75 Å². The first kappa shape index (κ1) is 14.7. The number of nitrogens with two attached hydrogens (primary N) is 1. The molecule has 100 valence electrons. The molecule has 0 bridgehead atoms. The van der Waals surface area contributed by atoms with Crippen molar-refractivity contribution < 1.29 is 4.74 Å². The molecular weight excluding hydrogens is 349 g/mol. The quantitative estimate of drug-likeness (QED) is 0.852. The summed E-state index contributed by atoms with van der Waals surface area (Å²) in [6.07, 6.45) is 0. The summed E-state index contributed by atoms with van der Waals surface area (Å²) in [5, 5.41) is 1.27. The third kappa shape index (κ3) is 3.23. The number of hydrogen-bond donors (Lipinski definition) is 1. The molecule has 19 heavy (non-hydrogen) atoms. The summed E-state index contributed by atoms with van der Waals surface area (Å²) in [5.41, 5.74) is 8.04. The van der Waals surface area contributed by atoms with Gasteiger partial charge in [0.25, 0.3) is 0 Å². The van der Waals surface area contributed by atoms with Crippen molar-refractivity contribution in [1.82, 2.24) is 0 Å². The monoisotopic (exact) mass is 359 g/mol. The number of methoxy groups -OCH3 is 1. The minimum Gasteiger partial charge on any atom is -0.496 e. The van der Waals surface area contributed by atoms with Gasteiger partial charge in [-0.15, -0.1) is 0 Å². The van der Waals surface area contributed by atoms with Gasteiger partial charge in [0.2, 0.25) is 0 Å². The molecule has 2 aromatic rings. The first-order valence-corrected chi connectivity index (χ1v) is 7.11. The Morgan fingerprint density at radius 1 is 1.16 bits per heavy atom. The summed E-state index contributed by atoms with van der Waals surface area (Å²) in [6, 6.07) is 10.6. The summed E-state index contributed by atoms with van der Waals surface area (Å²) in [4.78, 5) is 0. The van der Waals surface area contributed by atoms with Crippen LogP contribution in [0.3, 0.4) is 0 Å². The summed E-state index contributed by atoms with van der Waals surface area (Å²) in [7, 11) is 1.61. The molecule has 0 saturated carbocycles. The number of rotatable bonds is 3. The zero-order valence-electron chi connectivity index (χ0n) is 10.2. The van der Waals surface area contributed by atoms with Gasteiger partial charge in [0.15, 0.2) is 0 Å². The molecule has 2 nitrogen and oxygen atoms in total. The van der Waals surface area contributed by atoms with Crippen LogP contribution in [0.4, 0.5) is 0 Å². The predicted molar refractivity (Wildman–Crippen MR) is 83.2 cm³/mol. The van der Waals surface area contributed by atoms with Crippen LogP contribution in [0.2, 0.25) is 10.0 Å². The molecule has 0 spiro atoms. The van der Waals surface area contributed by atoms with Crippen LogP contribution in [0.15, 0.2) is 40.9 Å². The highest BCUT2D eigenvalue weighted by molar-refractivity contribution is 9.10. The van der Waals surface area contributed by atoms with Crippen molar-refractivity contribution in [2.24, 2.45) is 5.73 Å². The zero-order valence-corrected chi connectivity index (χ0v) is 13.3. The average molecular weight is 361 g/mol. The largest absolute Gasteiger partial charge is 0.496 e. The normalized spacial score (nSPS) is 12.3. The maximum Gasteiger partial charge on any atom is 0.124 e. The van der Waals surface area contributed by atoms with Crippen molar-refractivity contribution in [3.63, 3.8) is 0 Å². The number of ether oxygens (including phenoxy) is 1. The smallest absolute Gasteiger partial charge is 0.124 e. The minimum absolute atomic E-state index is 0.331. The lowest BCUT2D eigenvalue weighted by molar-refractivity contribution is 0.408. The van der Waals surface area contributed by atoms with Gasteiger partial charge in [-0.3, -0.25) is 0 Å². The van der Waals surface area contributed by atoms with Gasteiger partial charge in [-0.1, -0.05) is 29.3 Å². The third-order valence-electron chi connectivity index (χ3n) is 2.83. The van der Waals surface area contributed by atoms with Gasteiger partial charge in [0.05, 0.1) is 18.2 Å². The molecule has 2 aromatic carbocycles. The number of hydrogen-bond acceptors (Lipinski definition) is 2. The van der Waals surface area contributed by atoms with Crippen molar-refractivity contribution in [3.8, 4) is 5.75 Å². The van der Waals surface area contributed by atoms with E-state index >= 15 is 0 Å². The van der Waals surface area contributed by atoms with Gasteiger partial charge in [-0.2, -0.15) is 0 Å². The van der Waals surface area contributed by atoms with Crippen LogP contribution < -0.4 is 10.5 Å². The summed E-state index contributed by atoms with van der Waals surface area (Å²) >= 11 is 15.4. The molecule has 0 aliphatic carbocycles. The molecule has 0 amide bonds. The van der Waals surface area contributed by atoms with Crippen molar-refractivity contribution >= 4 is 39.1 Å². The molecule has 0 aliphatic heterocycles. The molecule has 0 heterocycles. The Hall–Kier alpha value is -0.740. The molecule has 0 aromatic heterocycles. The fourth-order valence-electron chi connectivity index (χ4n) is 1.83. The van der Waals surface area contributed by atoms with Crippen molar-refractivity contribution in [1.29, 1.82) is 0 Å². The maximum atomic E-state index is 6.28. The van der Waals surface area contributed by atoms with E-state index in [1.807, 2.05) is 24.3 Å². The summed E-state index contributed by atoms with van der Waals surface area (Å²) in [6.45, 7) is 0. The van der Waals surface area contributed by atoms with Crippen LogP contribution in [0.25, 0.3) is 0 Å². The van der Waals surface area contributed by atoms with E-state index in [-0.39, 0.29) is 6.04 Å². The molecule has 0 aliphatic rings. The van der Waals surface area contributed by atoms with Gasteiger partial charge in [-0.25, -0.2) is 0 Å². The van der Waals surface area contributed by atoms with E-state index in [4.69, 9.17) is 33.7 Å². The maximum absolute atomic E-state index is 6.28. The van der Waals surface area contributed by atoms with Crippen molar-refractivity contribution in [2.75, 3.05) is 7.11 Å². The first-order chi connectivity index (χ1) is 9.02. The Morgan fingerprint density at radius 2 is 1.89 bits per heavy atom. The molecule has 2 N–H and O–H groups in total. The summed E-state index contributed by atoms with van der Waals surface area (Å²) in [5.74, 6) is 0.711. The van der Waals surface area contributed by atoms with E-state index in [0.717, 1.165) is 15.6 Å². The van der Waals surface area contributed by atoms with Crippen molar-refractivity contribution in [3.05, 3.63) is 62.0 Å². The molecule has 1 unspecified atom stereocenters. The van der Waals surface area contributed by atoms with Gasteiger partial charge in [0.1, 0.15) is 5.75 Å². The SMILES string of the molecule is COc1ccc(Cl)cc1C(N)c1ccc(Cl)c(Br)c1. The second-order valence-electron chi connectivity index (χ2n) is 4.04.